The van der Waals surface area contributed by atoms with Crippen LogP contribution in [-0.4, -0.2) is 55.2 Å². The smallest absolute Gasteiger partial charge is 0.377 e. The second-order valence-corrected chi connectivity index (χ2v) is 12.9. The molecule has 0 spiro atoms. The molecule has 1 unspecified atom stereocenters. The fourth-order valence-electron chi connectivity index (χ4n) is 4.66. The number of halogens is 1. The van der Waals surface area contributed by atoms with Gasteiger partial charge in [0, 0.05) is 27.4 Å². The Hall–Kier alpha value is 0.347. The van der Waals surface area contributed by atoms with Gasteiger partial charge in [-0.25, -0.2) is 0 Å². The summed E-state index contributed by atoms with van der Waals surface area (Å²) in [6, 6.07) is 0.928. The summed E-state index contributed by atoms with van der Waals surface area (Å²) in [6.45, 7) is 7.08. The van der Waals surface area contributed by atoms with Crippen molar-refractivity contribution in [3.63, 3.8) is 0 Å². The molecule has 0 aromatic carbocycles. The number of hydrogen-bond acceptors (Lipinski definition) is 4. The lowest BCUT2D eigenvalue weighted by Gasteiger charge is -2.26. The molecule has 0 aliphatic carbocycles. The van der Waals surface area contributed by atoms with E-state index in [1.54, 1.807) is 21.3 Å². The molecule has 6 heteroatoms. The zero-order chi connectivity index (χ0) is 23.9. The third-order valence-corrected chi connectivity index (χ3v) is 9.89. The van der Waals surface area contributed by atoms with Crippen LogP contribution in [0.25, 0.3) is 0 Å². The predicted octanol–water partition coefficient (Wildman–Crippen LogP) is 8.51. The average molecular weight is 510 g/mol. The Kier molecular flexibility index (Phi) is 27.4. The van der Waals surface area contributed by atoms with Crippen molar-refractivity contribution in [3.8, 4) is 0 Å². The number of rotatable bonds is 25. The van der Waals surface area contributed by atoms with Gasteiger partial charge in [-0.2, -0.15) is 0 Å². The molecule has 0 saturated carbocycles. The van der Waals surface area contributed by atoms with Crippen molar-refractivity contribution in [1.82, 2.24) is 4.90 Å². The first-order chi connectivity index (χ1) is 15.6. The van der Waals surface area contributed by atoms with E-state index in [0.29, 0.717) is 0 Å². The largest absolute Gasteiger partial charge is 0.500 e. The van der Waals surface area contributed by atoms with Crippen LogP contribution in [0.5, 0.6) is 0 Å². The maximum absolute atomic E-state index is 5.62. The summed E-state index contributed by atoms with van der Waals surface area (Å²) in [6.07, 6.45) is 23.2. The van der Waals surface area contributed by atoms with Gasteiger partial charge in [0.25, 0.3) is 0 Å². The van der Waals surface area contributed by atoms with Gasteiger partial charge < -0.3 is 18.2 Å². The van der Waals surface area contributed by atoms with Crippen LogP contribution in [0.3, 0.4) is 0 Å². The highest BCUT2D eigenvalue weighted by atomic mass is 35.5. The van der Waals surface area contributed by atoms with Crippen molar-refractivity contribution in [2.75, 3.05) is 41.5 Å². The molecule has 0 saturated heterocycles. The van der Waals surface area contributed by atoms with Crippen molar-refractivity contribution in [1.29, 1.82) is 0 Å². The molecule has 0 amide bonds. The van der Waals surface area contributed by atoms with Crippen LogP contribution in [0.2, 0.25) is 6.04 Å². The van der Waals surface area contributed by atoms with Gasteiger partial charge in [-0.15, -0.1) is 12.4 Å². The first-order valence-electron chi connectivity index (χ1n) is 13.9. The van der Waals surface area contributed by atoms with Gasteiger partial charge in [-0.05, 0) is 45.3 Å². The van der Waals surface area contributed by atoms with Crippen LogP contribution in [0.4, 0.5) is 0 Å². The van der Waals surface area contributed by atoms with Crippen molar-refractivity contribution < 1.29 is 13.3 Å². The van der Waals surface area contributed by atoms with Crippen LogP contribution in [0, 0.1) is 5.92 Å². The SMILES string of the molecule is CCCCCCCCCCN(C)CCC(CCCCCCC)CCC[Si](OC)(OC)OC.Cl. The minimum atomic E-state index is -2.42. The zero-order valence-corrected chi connectivity index (χ0v) is 25.1. The monoisotopic (exact) mass is 509 g/mol. The minimum Gasteiger partial charge on any atom is -0.377 e. The lowest BCUT2D eigenvalue weighted by atomic mass is 9.93. The van der Waals surface area contributed by atoms with Crippen molar-refractivity contribution in [2.45, 2.75) is 129 Å². The molecular weight excluding hydrogens is 450 g/mol. The Labute approximate surface area is 215 Å². The topological polar surface area (TPSA) is 30.9 Å². The van der Waals surface area contributed by atoms with Gasteiger partial charge in [0.1, 0.15) is 0 Å². The molecule has 0 fully saturated rings. The van der Waals surface area contributed by atoms with Crippen LogP contribution < -0.4 is 0 Å². The van der Waals surface area contributed by atoms with E-state index < -0.39 is 8.80 Å². The predicted molar refractivity (Wildman–Crippen MR) is 150 cm³/mol. The third-order valence-electron chi connectivity index (χ3n) is 7.06. The molecule has 0 radical (unpaired) electrons. The first-order valence-corrected chi connectivity index (χ1v) is 15.8. The van der Waals surface area contributed by atoms with Crippen molar-refractivity contribution >= 4 is 21.2 Å². The number of nitrogens with zero attached hydrogens (tertiary/aromatic N) is 1. The highest BCUT2D eigenvalue weighted by Crippen LogP contribution is 2.25. The van der Waals surface area contributed by atoms with E-state index in [1.165, 1.54) is 116 Å². The van der Waals surface area contributed by atoms with E-state index in [-0.39, 0.29) is 12.4 Å². The van der Waals surface area contributed by atoms with E-state index in [9.17, 15) is 0 Å². The van der Waals surface area contributed by atoms with E-state index in [0.717, 1.165) is 18.4 Å². The van der Waals surface area contributed by atoms with E-state index >= 15 is 0 Å². The van der Waals surface area contributed by atoms with Crippen LogP contribution in [-0.2, 0) is 13.3 Å². The summed E-state index contributed by atoms with van der Waals surface area (Å²) in [7, 11) is 5.07. The summed E-state index contributed by atoms with van der Waals surface area (Å²) in [5, 5.41) is 0. The maximum Gasteiger partial charge on any atom is 0.500 e. The summed E-state index contributed by atoms with van der Waals surface area (Å²) in [5.74, 6) is 0.815. The molecule has 0 bridgehead atoms. The molecule has 33 heavy (non-hydrogen) atoms. The second kappa shape index (κ2) is 25.4. The normalized spacial score (nSPS) is 12.8. The number of unbranched alkanes of at least 4 members (excludes halogenated alkanes) is 11. The first kappa shape index (κ1) is 35.5. The highest BCUT2D eigenvalue weighted by Gasteiger charge is 2.37. The highest BCUT2D eigenvalue weighted by molar-refractivity contribution is 6.60. The van der Waals surface area contributed by atoms with Crippen molar-refractivity contribution in [3.05, 3.63) is 0 Å². The Morgan fingerprint density at radius 2 is 1.03 bits per heavy atom. The fourth-order valence-corrected chi connectivity index (χ4v) is 6.41. The van der Waals surface area contributed by atoms with Gasteiger partial charge in [-0.1, -0.05) is 104 Å². The molecule has 202 valence electrons. The van der Waals surface area contributed by atoms with Gasteiger partial charge in [-0.3, -0.25) is 0 Å². The Morgan fingerprint density at radius 3 is 1.55 bits per heavy atom. The van der Waals surface area contributed by atoms with E-state index in [1.807, 2.05) is 0 Å². The summed E-state index contributed by atoms with van der Waals surface area (Å²) in [5.41, 5.74) is 0. The molecule has 0 aromatic heterocycles. The van der Waals surface area contributed by atoms with Crippen LogP contribution in [0.15, 0.2) is 0 Å². The molecule has 4 nitrogen and oxygen atoms in total. The number of hydrogen-bond donors (Lipinski definition) is 0. The Bertz CT molecular complexity index is 378. The molecular formula is C27H60ClNO3Si. The Morgan fingerprint density at radius 1 is 0.576 bits per heavy atom. The third kappa shape index (κ3) is 20.3. The molecule has 0 rings (SSSR count). The maximum atomic E-state index is 5.62. The summed E-state index contributed by atoms with van der Waals surface area (Å²) in [4.78, 5) is 2.57. The lowest BCUT2D eigenvalue weighted by Crippen LogP contribution is -2.42. The molecule has 0 aliphatic heterocycles. The van der Waals surface area contributed by atoms with Crippen LogP contribution in [0.1, 0.15) is 123 Å². The molecule has 0 N–H and O–H groups in total. The standard InChI is InChI=1S/C27H59NO3Si.ClH/c1-7-9-11-13-14-15-17-19-24-28(3)25-23-27(21-18-16-12-10-8-2)22-20-26-32(29-4,30-5)31-6;/h27H,7-26H2,1-6H3;1H. The summed E-state index contributed by atoms with van der Waals surface area (Å²) >= 11 is 0. The van der Waals surface area contributed by atoms with Gasteiger partial charge in [0.2, 0.25) is 0 Å². The van der Waals surface area contributed by atoms with Gasteiger partial charge in [0.15, 0.2) is 0 Å². The fraction of sp³-hybridized carbons (Fsp3) is 1.00. The molecule has 0 aliphatic rings. The van der Waals surface area contributed by atoms with E-state index in [4.69, 9.17) is 13.3 Å². The molecule has 0 aromatic rings. The quantitative estimate of drug-likeness (QED) is 0.0910. The average Bonchev–Trinajstić information content (AvgIpc) is 2.81. The molecule has 1 atom stereocenters. The second-order valence-electron chi connectivity index (χ2n) is 9.82. The summed E-state index contributed by atoms with van der Waals surface area (Å²) < 4.78 is 16.9. The van der Waals surface area contributed by atoms with E-state index in [2.05, 4.69) is 25.8 Å². The van der Waals surface area contributed by atoms with Gasteiger partial charge in [0.05, 0.1) is 0 Å². The van der Waals surface area contributed by atoms with Gasteiger partial charge >= 0.3 is 8.80 Å². The minimum absolute atomic E-state index is 0. The van der Waals surface area contributed by atoms with Crippen molar-refractivity contribution in [2.24, 2.45) is 5.92 Å². The zero-order valence-electron chi connectivity index (χ0n) is 23.3. The Balaban J connectivity index is 0. The van der Waals surface area contributed by atoms with Crippen LogP contribution >= 0.6 is 12.4 Å². The molecule has 0 heterocycles. The lowest BCUT2D eigenvalue weighted by molar-refractivity contribution is 0.122.